The van der Waals surface area contributed by atoms with Gasteiger partial charge in [0.15, 0.2) is 0 Å². The number of hydrogen-bond acceptors (Lipinski definition) is 1. The summed E-state index contributed by atoms with van der Waals surface area (Å²) in [4.78, 5) is 10.8. The van der Waals surface area contributed by atoms with E-state index in [1.807, 2.05) is 24.3 Å². The molecule has 0 saturated carbocycles. The van der Waals surface area contributed by atoms with Crippen molar-refractivity contribution in [1.82, 2.24) is 0 Å². The van der Waals surface area contributed by atoms with Gasteiger partial charge >= 0.3 is 0 Å². The van der Waals surface area contributed by atoms with E-state index in [1.54, 1.807) is 0 Å². The van der Waals surface area contributed by atoms with Gasteiger partial charge in [0.2, 0.25) is 5.91 Å². The highest BCUT2D eigenvalue weighted by atomic mass is 19.0. The molecule has 3 heteroatoms. The van der Waals surface area contributed by atoms with Crippen molar-refractivity contribution >= 4 is 11.6 Å². The van der Waals surface area contributed by atoms with Crippen LogP contribution in [0.5, 0.6) is 0 Å². The third kappa shape index (κ3) is 1.22. The Kier molecular flexibility index (Phi) is 1.89. The minimum absolute atomic E-state index is 0. The van der Waals surface area contributed by atoms with Gasteiger partial charge in [0.1, 0.15) is 0 Å². The van der Waals surface area contributed by atoms with Gasteiger partial charge < -0.3 is 5.32 Å². The van der Waals surface area contributed by atoms with Crippen LogP contribution in [-0.4, -0.2) is 5.91 Å². The third-order valence-corrected chi connectivity index (χ3v) is 1.64. The number of carbonyl (C=O) groups excluding carboxylic acids is 1. The second-order valence-corrected chi connectivity index (χ2v) is 2.38. The van der Waals surface area contributed by atoms with Crippen LogP contribution in [0.1, 0.15) is 5.56 Å². The van der Waals surface area contributed by atoms with Crippen LogP contribution in [-0.2, 0) is 11.2 Å². The Morgan fingerprint density at radius 2 is 2.00 bits per heavy atom. The topological polar surface area (TPSA) is 29.1 Å². The maximum atomic E-state index is 10.8. The molecule has 0 fully saturated rings. The van der Waals surface area contributed by atoms with Gasteiger partial charge in [-0.3, -0.25) is 9.50 Å². The van der Waals surface area contributed by atoms with Crippen molar-refractivity contribution in [2.45, 2.75) is 6.42 Å². The van der Waals surface area contributed by atoms with Gasteiger partial charge in [-0.15, -0.1) is 0 Å². The Bertz CT molecular complexity index is 258. The van der Waals surface area contributed by atoms with Crippen molar-refractivity contribution in [3.8, 4) is 0 Å². The summed E-state index contributed by atoms with van der Waals surface area (Å²) in [6, 6.07) is 7.75. The molecule has 0 bridgehead atoms. The standard InChI is InChI=1S/C8H7NO.FH/c10-8-5-6-3-1-2-4-7(6)9-8;/h1-4H,5H2,(H,9,10);1H. The number of amides is 1. The molecule has 1 aliphatic rings. The summed E-state index contributed by atoms with van der Waals surface area (Å²) in [7, 11) is 0. The fourth-order valence-electron chi connectivity index (χ4n) is 1.16. The van der Waals surface area contributed by atoms with Gasteiger partial charge in [0.25, 0.3) is 0 Å². The zero-order chi connectivity index (χ0) is 6.97. The van der Waals surface area contributed by atoms with Gasteiger partial charge in [0, 0.05) is 5.69 Å². The summed E-state index contributed by atoms with van der Waals surface area (Å²) in [6.45, 7) is 0. The molecule has 1 amide bonds. The average Bonchev–Trinajstić information content (AvgIpc) is 2.27. The fraction of sp³-hybridized carbons (Fsp3) is 0.125. The summed E-state index contributed by atoms with van der Waals surface area (Å²) in [5, 5.41) is 2.76. The van der Waals surface area contributed by atoms with Gasteiger partial charge in [-0.25, -0.2) is 0 Å². The molecular formula is C8H8FNO. The molecule has 1 N–H and O–H groups in total. The van der Waals surface area contributed by atoms with Crippen molar-refractivity contribution in [2.24, 2.45) is 0 Å². The summed E-state index contributed by atoms with van der Waals surface area (Å²) in [5.41, 5.74) is 2.07. The summed E-state index contributed by atoms with van der Waals surface area (Å²) in [6.07, 6.45) is 0.538. The highest BCUT2D eigenvalue weighted by Gasteiger charge is 2.15. The first-order valence-corrected chi connectivity index (χ1v) is 3.24. The van der Waals surface area contributed by atoms with E-state index < -0.39 is 0 Å². The third-order valence-electron chi connectivity index (χ3n) is 1.64. The second kappa shape index (κ2) is 2.70. The fourth-order valence-corrected chi connectivity index (χ4v) is 1.16. The molecule has 11 heavy (non-hydrogen) atoms. The molecule has 1 aliphatic heterocycles. The van der Waals surface area contributed by atoms with E-state index in [9.17, 15) is 4.79 Å². The summed E-state index contributed by atoms with van der Waals surface area (Å²) in [5.74, 6) is 0.0983. The molecule has 0 saturated heterocycles. The Morgan fingerprint density at radius 1 is 1.27 bits per heavy atom. The second-order valence-electron chi connectivity index (χ2n) is 2.38. The van der Waals surface area contributed by atoms with E-state index in [4.69, 9.17) is 0 Å². The van der Waals surface area contributed by atoms with Crippen LogP contribution in [0, 0.1) is 0 Å². The van der Waals surface area contributed by atoms with E-state index in [2.05, 4.69) is 5.32 Å². The molecule has 1 aromatic carbocycles. The van der Waals surface area contributed by atoms with Crippen molar-refractivity contribution in [3.05, 3.63) is 29.8 Å². The van der Waals surface area contributed by atoms with E-state index in [1.165, 1.54) is 0 Å². The van der Waals surface area contributed by atoms with Crippen LogP contribution in [0.4, 0.5) is 10.4 Å². The summed E-state index contributed by atoms with van der Waals surface area (Å²) < 4.78 is 0. The van der Waals surface area contributed by atoms with Crippen molar-refractivity contribution in [1.29, 1.82) is 0 Å². The number of para-hydroxylation sites is 1. The first-order chi connectivity index (χ1) is 4.86. The van der Waals surface area contributed by atoms with E-state index >= 15 is 0 Å². The van der Waals surface area contributed by atoms with E-state index in [-0.39, 0.29) is 10.6 Å². The Balaban J connectivity index is 0.000000605. The Labute approximate surface area is 63.6 Å². The van der Waals surface area contributed by atoms with Crippen LogP contribution in [0.15, 0.2) is 24.3 Å². The van der Waals surface area contributed by atoms with Crippen LogP contribution in [0.2, 0.25) is 0 Å². The average molecular weight is 153 g/mol. The zero-order valence-corrected chi connectivity index (χ0v) is 5.83. The SMILES string of the molecule is F.O=C1Cc2ccccc2N1. The number of hydrogen-bond donors (Lipinski definition) is 1. The minimum atomic E-state index is 0. The number of carbonyl (C=O) groups is 1. The quantitative estimate of drug-likeness (QED) is 0.598. The highest BCUT2D eigenvalue weighted by Crippen LogP contribution is 2.20. The number of benzene rings is 1. The first kappa shape index (κ1) is 7.72. The largest absolute Gasteiger partial charge is 0.326 e. The van der Waals surface area contributed by atoms with Crippen LogP contribution in [0.3, 0.4) is 0 Å². The number of fused-ring (bicyclic) bond motifs is 1. The molecular weight excluding hydrogens is 145 g/mol. The van der Waals surface area contributed by atoms with Gasteiger partial charge in [-0.05, 0) is 11.6 Å². The first-order valence-electron chi connectivity index (χ1n) is 3.24. The molecule has 0 aromatic heterocycles. The van der Waals surface area contributed by atoms with Crippen molar-refractivity contribution in [2.75, 3.05) is 5.32 Å². The molecule has 0 aliphatic carbocycles. The molecule has 0 unspecified atom stereocenters. The molecule has 1 heterocycles. The summed E-state index contributed by atoms with van der Waals surface area (Å²) >= 11 is 0. The Morgan fingerprint density at radius 3 is 2.73 bits per heavy atom. The molecule has 2 rings (SSSR count). The van der Waals surface area contributed by atoms with E-state index in [0.29, 0.717) is 6.42 Å². The Hall–Kier alpha value is -1.38. The lowest BCUT2D eigenvalue weighted by Crippen LogP contribution is -2.03. The maximum absolute atomic E-state index is 10.8. The molecule has 58 valence electrons. The molecule has 2 nitrogen and oxygen atoms in total. The normalized spacial score (nSPS) is 13.3. The lowest BCUT2D eigenvalue weighted by molar-refractivity contribution is -0.115. The van der Waals surface area contributed by atoms with Crippen molar-refractivity contribution < 1.29 is 9.50 Å². The predicted octanol–water partition coefficient (Wildman–Crippen LogP) is 1.33. The molecule has 1 aromatic rings. The van der Waals surface area contributed by atoms with Crippen LogP contribution < -0.4 is 5.32 Å². The highest BCUT2D eigenvalue weighted by molar-refractivity contribution is 5.98. The lowest BCUT2D eigenvalue weighted by Gasteiger charge is -1.93. The number of halogens is 1. The number of rotatable bonds is 0. The zero-order valence-electron chi connectivity index (χ0n) is 5.83. The van der Waals surface area contributed by atoms with Crippen LogP contribution >= 0.6 is 0 Å². The monoisotopic (exact) mass is 153 g/mol. The molecule has 0 spiro atoms. The van der Waals surface area contributed by atoms with Crippen LogP contribution in [0.25, 0.3) is 0 Å². The van der Waals surface area contributed by atoms with Gasteiger partial charge in [-0.2, -0.15) is 0 Å². The minimum Gasteiger partial charge on any atom is -0.326 e. The maximum Gasteiger partial charge on any atom is 0.228 e. The van der Waals surface area contributed by atoms with Gasteiger partial charge in [0.05, 0.1) is 6.42 Å². The van der Waals surface area contributed by atoms with E-state index in [0.717, 1.165) is 11.3 Å². The van der Waals surface area contributed by atoms with Crippen molar-refractivity contribution in [3.63, 3.8) is 0 Å². The van der Waals surface area contributed by atoms with Gasteiger partial charge in [-0.1, -0.05) is 18.2 Å². The number of nitrogens with one attached hydrogen (secondary N) is 1. The molecule has 0 radical (unpaired) electrons. The predicted molar refractivity (Wildman–Crippen MR) is 41.3 cm³/mol. The smallest absolute Gasteiger partial charge is 0.228 e. The lowest BCUT2D eigenvalue weighted by atomic mass is 10.2. The number of anilines is 1. The molecule has 0 atom stereocenters.